The first-order chi connectivity index (χ1) is 16.5. The Morgan fingerprint density at radius 3 is 1.29 bits per heavy atom. The van der Waals surface area contributed by atoms with Gasteiger partial charge in [-0.15, -0.1) is 0 Å². The van der Waals surface area contributed by atoms with Gasteiger partial charge in [0.2, 0.25) is 0 Å². The number of nitrogens with zero attached hydrogens (tertiary/aromatic N) is 5. The van der Waals surface area contributed by atoms with Crippen LogP contribution in [0, 0.1) is 0 Å². The van der Waals surface area contributed by atoms with Gasteiger partial charge in [-0.2, -0.15) is 10.2 Å². The van der Waals surface area contributed by atoms with E-state index in [-0.39, 0.29) is 12.1 Å². The van der Waals surface area contributed by atoms with E-state index >= 15 is 0 Å². The maximum atomic E-state index is 4.98. The summed E-state index contributed by atoms with van der Waals surface area (Å²) in [6.45, 7) is 8.60. The lowest BCUT2D eigenvalue weighted by Crippen LogP contribution is -2.05. The first kappa shape index (κ1) is 21.8. The predicted octanol–water partition coefficient (Wildman–Crippen LogP) is 7.30. The number of pyridine rings is 1. The minimum atomic E-state index is 0.238. The van der Waals surface area contributed by atoms with Crippen LogP contribution in [0.1, 0.15) is 39.8 Å². The van der Waals surface area contributed by atoms with Crippen molar-refractivity contribution in [3.63, 3.8) is 0 Å². The van der Waals surface area contributed by atoms with Crippen LogP contribution >= 0.6 is 0 Å². The molecule has 0 fully saturated rings. The summed E-state index contributed by atoms with van der Waals surface area (Å²) in [4.78, 5) is 4.98. The molecular formula is C29H29N5. The highest BCUT2D eigenvalue weighted by atomic mass is 15.3. The van der Waals surface area contributed by atoms with Crippen LogP contribution in [0.25, 0.3) is 45.3 Å². The molecule has 0 aliphatic carbocycles. The van der Waals surface area contributed by atoms with Gasteiger partial charge in [-0.25, -0.2) is 4.98 Å². The number of aromatic nitrogens is 5. The summed E-state index contributed by atoms with van der Waals surface area (Å²) in [6, 6.07) is 31.6. The Balaban J connectivity index is 1.57. The van der Waals surface area contributed by atoms with Crippen molar-refractivity contribution in [1.29, 1.82) is 0 Å². The molecule has 0 aliphatic rings. The zero-order valence-electron chi connectivity index (χ0n) is 20.1. The molecule has 0 amide bonds. The highest BCUT2D eigenvalue weighted by Crippen LogP contribution is 2.31. The number of hydrogen-bond acceptors (Lipinski definition) is 3. The van der Waals surface area contributed by atoms with Crippen LogP contribution in [0.15, 0.2) is 91.0 Å². The predicted molar refractivity (Wildman–Crippen MR) is 138 cm³/mol. The highest BCUT2D eigenvalue weighted by Gasteiger charge is 2.17. The van der Waals surface area contributed by atoms with E-state index in [1.807, 2.05) is 30.3 Å². The van der Waals surface area contributed by atoms with Gasteiger partial charge >= 0.3 is 0 Å². The van der Waals surface area contributed by atoms with Crippen LogP contribution in [0.4, 0.5) is 0 Å². The van der Waals surface area contributed by atoms with Gasteiger partial charge in [-0.3, -0.25) is 9.36 Å². The van der Waals surface area contributed by atoms with Crippen LogP contribution in [-0.4, -0.2) is 24.5 Å². The molecule has 3 heterocycles. The average molecular weight is 448 g/mol. The maximum absolute atomic E-state index is 4.98. The van der Waals surface area contributed by atoms with Crippen LogP contribution < -0.4 is 0 Å². The van der Waals surface area contributed by atoms with Gasteiger partial charge in [0.05, 0.1) is 22.8 Å². The highest BCUT2D eigenvalue weighted by molar-refractivity contribution is 5.71. The quantitative estimate of drug-likeness (QED) is 0.274. The van der Waals surface area contributed by atoms with Crippen molar-refractivity contribution in [2.75, 3.05) is 0 Å². The SMILES string of the molecule is CC(C)n1nc(-c2cccc(-c3cc(-c4ccccc4)n(C(C)C)n3)n2)cc1-c1ccccc1. The molecule has 170 valence electrons. The molecule has 0 bridgehead atoms. The molecule has 0 atom stereocenters. The van der Waals surface area contributed by atoms with E-state index in [9.17, 15) is 0 Å². The molecule has 3 aromatic heterocycles. The fourth-order valence-electron chi connectivity index (χ4n) is 4.20. The maximum Gasteiger partial charge on any atom is 0.111 e. The lowest BCUT2D eigenvalue weighted by atomic mass is 10.1. The fourth-order valence-corrected chi connectivity index (χ4v) is 4.20. The Labute approximate surface area is 200 Å². The molecule has 0 spiro atoms. The first-order valence-corrected chi connectivity index (χ1v) is 11.8. The van der Waals surface area contributed by atoms with E-state index in [0.717, 1.165) is 45.3 Å². The van der Waals surface area contributed by atoms with E-state index in [0.29, 0.717) is 0 Å². The summed E-state index contributed by atoms with van der Waals surface area (Å²) in [6.07, 6.45) is 0. The van der Waals surface area contributed by atoms with Gasteiger partial charge in [0.25, 0.3) is 0 Å². The molecule has 2 aromatic carbocycles. The van der Waals surface area contributed by atoms with E-state index in [4.69, 9.17) is 15.2 Å². The smallest absolute Gasteiger partial charge is 0.111 e. The van der Waals surface area contributed by atoms with E-state index < -0.39 is 0 Å². The zero-order chi connectivity index (χ0) is 23.7. The Morgan fingerprint density at radius 1 is 0.500 bits per heavy atom. The third-order valence-electron chi connectivity index (χ3n) is 5.86. The molecule has 0 unspecified atom stereocenters. The minimum Gasteiger partial charge on any atom is -0.262 e. The number of benzene rings is 2. The Kier molecular flexibility index (Phi) is 5.84. The number of rotatable bonds is 6. The van der Waals surface area contributed by atoms with Crippen LogP contribution in [-0.2, 0) is 0 Å². The van der Waals surface area contributed by atoms with Crippen molar-refractivity contribution in [2.45, 2.75) is 39.8 Å². The monoisotopic (exact) mass is 447 g/mol. The molecule has 5 heteroatoms. The zero-order valence-corrected chi connectivity index (χ0v) is 20.1. The minimum absolute atomic E-state index is 0.238. The Morgan fingerprint density at radius 2 is 0.912 bits per heavy atom. The summed E-state index contributed by atoms with van der Waals surface area (Å²) in [5, 5.41) is 9.84. The summed E-state index contributed by atoms with van der Waals surface area (Å²) >= 11 is 0. The second kappa shape index (κ2) is 9.10. The van der Waals surface area contributed by atoms with Crippen molar-refractivity contribution < 1.29 is 0 Å². The largest absolute Gasteiger partial charge is 0.262 e. The van der Waals surface area contributed by atoms with Crippen LogP contribution in [0.2, 0.25) is 0 Å². The normalized spacial score (nSPS) is 11.5. The molecule has 5 nitrogen and oxygen atoms in total. The van der Waals surface area contributed by atoms with Crippen molar-refractivity contribution in [3.8, 4) is 45.3 Å². The average Bonchev–Trinajstić information content (AvgIpc) is 3.51. The third kappa shape index (κ3) is 4.17. The molecule has 0 saturated heterocycles. The second-order valence-electron chi connectivity index (χ2n) is 9.05. The molecule has 34 heavy (non-hydrogen) atoms. The fraction of sp³-hybridized carbons (Fsp3) is 0.207. The van der Waals surface area contributed by atoms with Gasteiger partial charge in [0.1, 0.15) is 11.4 Å². The van der Waals surface area contributed by atoms with Gasteiger partial charge in [0.15, 0.2) is 0 Å². The molecular weight excluding hydrogens is 418 g/mol. The molecule has 0 aliphatic heterocycles. The topological polar surface area (TPSA) is 48.5 Å². The molecule has 5 aromatic rings. The summed E-state index contributed by atoms with van der Waals surface area (Å²) < 4.78 is 4.14. The van der Waals surface area contributed by atoms with Crippen molar-refractivity contribution in [1.82, 2.24) is 24.5 Å². The van der Waals surface area contributed by atoms with Gasteiger partial charge in [-0.1, -0.05) is 66.7 Å². The van der Waals surface area contributed by atoms with E-state index in [2.05, 4.69) is 97.7 Å². The third-order valence-corrected chi connectivity index (χ3v) is 5.86. The summed E-state index contributed by atoms with van der Waals surface area (Å²) in [7, 11) is 0. The first-order valence-electron chi connectivity index (χ1n) is 11.8. The van der Waals surface area contributed by atoms with Crippen molar-refractivity contribution in [3.05, 3.63) is 91.0 Å². The second-order valence-corrected chi connectivity index (χ2v) is 9.05. The van der Waals surface area contributed by atoms with Crippen LogP contribution in [0.5, 0.6) is 0 Å². The van der Waals surface area contributed by atoms with Crippen LogP contribution in [0.3, 0.4) is 0 Å². The van der Waals surface area contributed by atoms with Gasteiger partial charge < -0.3 is 0 Å². The summed E-state index contributed by atoms with van der Waals surface area (Å²) in [5.41, 5.74) is 7.89. The van der Waals surface area contributed by atoms with Crippen molar-refractivity contribution in [2.24, 2.45) is 0 Å². The molecule has 5 rings (SSSR count). The molecule has 0 saturated carbocycles. The summed E-state index contributed by atoms with van der Waals surface area (Å²) in [5.74, 6) is 0. The molecule has 0 N–H and O–H groups in total. The van der Waals surface area contributed by atoms with E-state index in [1.165, 1.54) is 0 Å². The number of hydrogen-bond donors (Lipinski definition) is 0. The molecule has 0 radical (unpaired) electrons. The Bertz CT molecular complexity index is 1290. The van der Waals surface area contributed by atoms with E-state index in [1.54, 1.807) is 0 Å². The van der Waals surface area contributed by atoms with Crippen molar-refractivity contribution >= 4 is 0 Å². The lowest BCUT2D eigenvalue weighted by Gasteiger charge is -2.10. The Hall–Kier alpha value is -3.99. The standard InChI is InChI=1S/C29H29N5/c1-20(2)33-28(22-12-7-5-8-13-22)18-26(31-33)24-16-11-17-25(30-24)27-19-29(34(32-27)21(3)4)23-14-9-6-10-15-23/h5-21H,1-4H3. The lowest BCUT2D eigenvalue weighted by molar-refractivity contribution is 0.539. The van der Waals surface area contributed by atoms with Gasteiger partial charge in [-0.05, 0) is 63.1 Å². The van der Waals surface area contributed by atoms with Gasteiger partial charge in [0, 0.05) is 12.1 Å².